The molecule has 2 aromatic heterocycles. The van der Waals surface area contributed by atoms with Gasteiger partial charge < -0.3 is 14.5 Å². The minimum atomic E-state index is -1.32. The number of aromatic nitrogens is 1. The van der Waals surface area contributed by atoms with Gasteiger partial charge in [0, 0.05) is 30.9 Å². The topological polar surface area (TPSA) is 69.7 Å². The van der Waals surface area contributed by atoms with Crippen LogP contribution in [0, 0.1) is 0 Å². The van der Waals surface area contributed by atoms with E-state index in [1.54, 1.807) is 12.4 Å². The number of rotatable bonds is 3. The van der Waals surface area contributed by atoms with Gasteiger partial charge in [0.25, 0.3) is 0 Å². The van der Waals surface area contributed by atoms with E-state index >= 15 is 0 Å². The van der Waals surface area contributed by atoms with E-state index in [1.807, 2.05) is 18.2 Å². The first kappa shape index (κ1) is 12.4. The van der Waals surface area contributed by atoms with Crippen LogP contribution in [0.25, 0.3) is 11.0 Å². The van der Waals surface area contributed by atoms with E-state index in [1.165, 1.54) is 0 Å². The standard InChI is InChI=1S/C13H15BN2O3/c17-14(18)11-2-5-16(6-3-11)9-12-7-10-8-15-4-1-13(10)19-12/h1-2,4,7-8,17-18H,3,5-6,9H2. The smallest absolute Gasteiger partial charge is 0.460 e. The first-order chi connectivity index (χ1) is 9.22. The lowest BCUT2D eigenvalue weighted by Crippen LogP contribution is -2.32. The molecule has 0 unspecified atom stereocenters. The quantitative estimate of drug-likeness (QED) is 0.803. The molecule has 6 heteroatoms. The predicted octanol–water partition coefficient (Wildman–Crippen LogP) is 0.972. The summed E-state index contributed by atoms with van der Waals surface area (Å²) in [4.78, 5) is 6.27. The molecule has 98 valence electrons. The van der Waals surface area contributed by atoms with Crippen LogP contribution in [0.2, 0.25) is 0 Å². The van der Waals surface area contributed by atoms with Gasteiger partial charge in [-0.25, -0.2) is 0 Å². The molecule has 0 aromatic carbocycles. The van der Waals surface area contributed by atoms with Crippen LogP contribution in [-0.4, -0.2) is 40.1 Å². The number of pyridine rings is 1. The summed E-state index contributed by atoms with van der Waals surface area (Å²) >= 11 is 0. The Morgan fingerprint density at radius 1 is 1.42 bits per heavy atom. The van der Waals surface area contributed by atoms with Gasteiger partial charge in [-0.2, -0.15) is 0 Å². The minimum absolute atomic E-state index is 0.680. The van der Waals surface area contributed by atoms with Crippen molar-refractivity contribution in [2.75, 3.05) is 13.1 Å². The Bertz CT molecular complexity index is 576. The first-order valence-electron chi connectivity index (χ1n) is 6.32. The van der Waals surface area contributed by atoms with Crippen LogP contribution in [0.15, 0.2) is 40.5 Å². The van der Waals surface area contributed by atoms with Gasteiger partial charge in [0.15, 0.2) is 0 Å². The Morgan fingerprint density at radius 3 is 3.00 bits per heavy atom. The van der Waals surface area contributed by atoms with Gasteiger partial charge in [-0.1, -0.05) is 6.08 Å². The fourth-order valence-corrected chi connectivity index (χ4v) is 2.34. The van der Waals surface area contributed by atoms with Crippen LogP contribution < -0.4 is 0 Å². The van der Waals surface area contributed by atoms with Crippen LogP contribution in [0.1, 0.15) is 12.2 Å². The van der Waals surface area contributed by atoms with Crippen LogP contribution in [-0.2, 0) is 6.54 Å². The second-order valence-corrected chi connectivity index (χ2v) is 4.76. The highest BCUT2D eigenvalue weighted by molar-refractivity contribution is 6.50. The maximum absolute atomic E-state index is 9.09. The zero-order valence-electron chi connectivity index (χ0n) is 10.5. The average Bonchev–Trinajstić information content (AvgIpc) is 2.81. The number of hydrogen-bond donors (Lipinski definition) is 2. The number of fused-ring (bicyclic) bond motifs is 1. The third-order valence-electron chi connectivity index (χ3n) is 3.41. The molecule has 0 fully saturated rings. The fourth-order valence-electron chi connectivity index (χ4n) is 2.34. The summed E-state index contributed by atoms with van der Waals surface area (Å²) in [5, 5.41) is 19.2. The molecule has 0 saturated heterocycles. The van der Waals surface area contributed by atoms with Gasteiger partial charge in [0.2, 0.25) is 0 Å². The van der Waals surface area contributed by atoms with Crippen molar-refractivity contribution in [2.45, 2.75) is 13.0 Å². The molecule has 3 heterocycles. The van der Waals surface area contributed by atoms with Gasteiger partial charge >= 0.3 is 7.12 Å². The van der Waals surface area contributed by atoms with E-state index in [0.29, 0.717) is 18.4 Å². The molecule has 0 saturated carbocycles. The van der Waals surface area contributed by atoms with E-state index in [9.17, 15) is 0 Å². The summed E-state index contributed by atoms with van der Waals surface area (Å²) in [5.74, 6) is 0.907. The van der Waals surface area contributed by atoms with Crippen molar-refractivity contribution < 1.29 is 14.5 Å². The van der Waals surface area contributed by atoms with Gasteiger partial charge in [-0.15, -0.1) is 0 Å². The van der Waals surface area contributed by atoms with Crippen LogP contribution in [0.4, 0.5) is 0 Å². The first-order valence-corrected chi connectivity index (χ1v) is 6.32. The Hall–Kier alpha value is -1.63. The highest BCUT2D eigenvalue weighted by Crippen LogP contribution is 2.20. The van der Waals surface area contributed by atoms with Crippen molar-refractivity contribution >= 4 is 18.1 Å². The summed E-state index contributed by atoms with van der Waals surface area (Å²) in [5.41, 5.74) is 1.55. The minimum Gasteiger partial charge on any atom is -0.460 e. The zero-order valence-corrected chi connectivity index (χ0v) is 10.5. The second kappa shape index (κ2) is 5.17. The van der Waals surface area contributed by atoms with Crippen molar-refractivity contribution in [1.29, 1.82) is 0 Å². The molecule has 1 aliphatic heterocycles. The summed E-state index contributed by atoms with van der Waals surface area (Å²) in [7, 11) is -1.32. The maximum atomic E-state index is 9.09. The monoisotopic (exact) mass is 258 g/mol. The number of furan rings is 1. The molecule has 3 rings (SSSR count). The van der Waals surface area contributed by atoms with Crippen molar-refractivity contribution in [3.63, 3.8) is 0 Å². The van der Waals surface area contributed by atoms with Crippen molar-refractivity contribution in [2.24, 2.45) is 0 Å². The van der Waals surface area contributed by atoms with Gasteiger partial charge in [0.1, 0.15) is 11.3 Å². The lowest BCUT2D eigenvalue weighted by atomic mass is 9.76. The zero-order chi connectivity index (χ0) is 13.2. The molecule has 0 bridgehead atoms. The van der Waals surface area contributed by atoms with Crippen molar-refractivity contribution in [3.8, 4) is 0 Å². The van der Waals surface area contributed by atoms with E-state index in [0.717, 1.165) is 29.8 Å². The molecule has 2 N–H and O–H groups in total. The van der Waals surface area contributed by atoms with Gasteiger partial charge in [0.05, 0.1) is 6.54 Å². The van der Waals surface area contributed by atoms with Crippen molar-refractivity contribution in [1.82, 2.24) is 9.88 Å². The molecular weight excluding hydrogens is 243 g/mol. The van der Waals surface area contributed by atoms with E-state index in [2.05, 4.69) is 9.88 Å². The molecule has 19 heavy (non-hydrogen) atoms. The molecule has 0 spiro atoms. The Labute approximate surface area is 111 Å². The molecule has 5 nitrogen and oxygen atoms in total. The fraction of sp³-hybridized carbons (Fsp3) is 0.308. The SMILES string of the molecule is OB(O)C1=CCN(Cc2cc3cnccc3o2)CC1. The summed E-state index contributed by atoms with van der Waals surface area (Å²) in [6.45, 7) is 2.24. The predicted molar refractivity (Wildman–Crippen MR) is 72.2 cm³/mol. The molecule has 0 radical (unpaired) electrons. The number of hydrogen-bond acceptors (Lipinski definition) is 5. The Balaban J connectivity index is 1.69. The summed E-state index contributed by atoms with van der Waals surface area (Å²) in [6, 6.07) is 3.86. The molecule has 0 atom stereocenters. The third kappa shape index (κ3) is 2.70. The summed E-state index contributed by atoms with van der Waals surface area (Å²) < 4.78 is 5.74. The van der Waals surface area contributed by atoms with Crippen LogP contribution in [0.3, 0.4) is 0 Å². The van der Waals surface area contributed by atoms with Gasteiger partial charge in [-0.05, 0) is 24.0 Å². The second-order valence-electron chi connectivity index (χ2n) is 4.76. The molecule has 0 aliphatic carbocycles. The largest absolute Gasteiger partial charge is 0.483 e. The lowest BCUT2D eigenvalue weighted by Gasteiger charge is -2.25. The average molecular weight is 258 g/mol. The third-order valence-corrected chi connectivity index (χ3v) is 3.41. The molecule has 0 amide bonds. The van der Waals surface area contributed by atoms with E-state index < -0.39 is 7.12 Å². The lowest BCUT2D eigenvalue weighted by molar-refractivity contribution is 0.263. The molecule has 1 aliphatic rings. The highest BCUT2D eigenvalue weighted by Gasteiger charge is 2.20. The van der Waals surface area contributed by atoms with E-state index in [4.69, 9.17) is 14.5 Å². The van der Waals surface area contributed by atoms with E-state index in [-0.39, 0.29) is 0 Å². The normalized spacial score (nSPS) is 16.6. The van der Waals surface area contributed by atoms with Crippen molar-refractivity contribution in [3.05, 3.63) is 41.8 Å². The van der Waals surface area contributed by atoms with Crippen LogP contribution >= 0.6 is 0 Å². The highest BCUT2D eigenvalue weighted by atomic mass is 16.4. The summed E-state index contributed by atoms with van der Waals surface area (Å²) in [6.07, 6.45) is 6.06. The molecular formula is C13H15BN2O3. The van der Waals surface area contributed by atoms with Gasteiger partial charge in [-0.3, -0.25) is 9.88 Å². The molecule has 2 aromatic rings. The Morgan fingerprint density at radius 2 is 2.32 bits per heavy atom. The van der Waals surface area contributed by atoms with Crippen LogP contribution in [0.5, 0.6) is 0 Å². The maximum Gasteiger partial charge on any atom is 0.483 e. The Kier molecular flexibility index (Phi) is 3.37. The number of nitrogens with zero attached hydrogens (tertiary/aromatic N) is 2.